The molecule has 0 spiro atoms. The van der Waals surface area contributed by atoms with Gasteiger partial charge in [0.1, 0.15) is 18.6 Å². The molecule has 0 N–H and O–H groups in total. The molecule has 206 valence electrons. The Morgan fingerprint density at radius 1 is 1.02 bits per heavy atom. The molecule has 0 unspecified atom stereocenters. The molecule has 0 radical (unpaired) electrons. The number of anilines is 1. The van der Waals surface area contributed by atoms with Crippen LogP contribution in [0.25, 0.3) is 28.2 Å². The molecular weight excluding hydrogens is 575 g/mol. The third kappa shape index (κ3) is 5.84. The van der Waals surface area contributed by atoms with E-state index < -0.39 is 22.5 Å². The average Bonchev–Trinajstić information content (AvgIpc) is 3.62. The molecule has 0 aliphatic carbocycles. The van der Waals surface area contributed by atoms with Crippen molar-refractivity contribution in [3.05, 3.63) is 89.5 Å². The molecule has 5 rings (SSSR count). The van der Waals surface area contributed by atoms with Crippen LogP contribution < -0.4 is 4.31 Å². The van der Waals surface area contributed by atoms with Crippen molar-refractivity contribution in [1.29, 1.82) is 0 Å². The van der Waals surface area contributed by atoms with Gasteiger partial charge in [0.05, 0.1) is 28.9 Å². The van der Waals surface area contributed by atoms with Crippen molar-refractivity contribution in [3.8, 4) is 17.3 Å². The molecule has 0 aliphatic heterocycles. The second-order valence-electron chi connectivity index (χ2n) is 8.86. The molecule has 0 bridgehead atoms. The van der Waals surface area contributed by atoms with Crippen molar-refractivity contribution in [3.63, 3.8) is 0 Å². The summed E-state index contributed by atoms with van der Waals surface area (Å²) in [6.45, 7) is 1.64. The molecule has 40 heavy (non-hydrogen) atoms. The summed E-state index contributed by atoms with van der Waals surface area (Å²) in [5.41, 5.74) is 1.80. The van der Waals surface area contributed by atoms with Crippen LogP contribution in [0, 0.1) is 0 Å². The molecule has 0 saturated heterocycles. The highest BCUT2D eigenvalue weighted by Gasteiger charge is 2.29. The Bertz CT molecular complexity index is 1750. The highest BCUT2D eigenvalue weighted by molar-refractivity contribution is 7.92. The number of fused-ring (bicyclic) bond motifs is 1. The number of hydrogen-bond acceptors (Lipinski definition) is 7. The monoisotopic (exact) mass is 598 g/mol. The lowest BCUT2D eigenvalue weighted by atomic mass is 10.2. The number of carbonyl (C=O) groups excluding carboxylic acids is 1. The predicted molar refractivity (Wildman–Crippen MR) is 153 cm³/mol. The van der Waals surface area contributed by atoms with Crippen molar-refractivity contribution >= 4 is 55.8 Å². The quantitative estimate of drug-likeness (QED) is 0.133. The van der Waals surface area contributed by atoms with Gasteiger partial charge in [-0.1, -0.05) is 36.5 Å². The van der Waals surface area contributed by atoms with Gasteiger partial charge in [0.25, 0.3) is 10.0 Å². The number of benzene rings is 2. The number of nitrogens with zero attached hydrogens (tertiary/aromatic N) is 4. The summed E-state index contributed by atoms with van der Waals surface area (Å²) >= 11 is 12.2. The lowest BCUT2D eigenvalue weighted by Crippen LogP contribution is -2.36. The fourth-order valence-corrected chi connectivity index (χ4v) is 6.28. The number of aromatic nitrogens is 3. The Balaban J connectivity index is 1.53. The maximum Gasteiger partial charge on any atom is 0.326 e. The summed E-state index contributed by atoms with van der Waals surface area (Å²) in [6.07, 6.45) is 8.05. The van der Waals surface area contributed by atoms with Gasteiger partial charge < -0.3 is 13.7 Å². The number of rotatable bonds is 10. The Labute approximate surface area is 241 Å². The van der Waals surface area contributed by atoms with Crippen molar-refractivity contribution in [2.45, 2.75) is 24.7 Å². The zero-order valence-electron chi connectivity index (χ0n) is 21.3. The first-order chi connectivity index (χ1) is 19.3. The SMILES string of the molecule is CCCCOC(=O)CN(c1ccc2c(ccn2-c2cc(-c3ncco3)ccn2)c1)S(=O)(=O)c1cc(Cl)cc(Cl)c1. The van der Waals surface area contributed by atoms with Gasteiger partial charge in [-0.2, -0.15) is 0 Å². The molecule has 12 heteroatoms. The third-order valence-corrected chi connectivity index (χ3v) is 8.28. The van der Waals surface area contributed by atoms with Crippen LogP contribution in [0.15, 0.2) is 88.8 Å². The van der Waals surface area contributed by atoms with Crippen LogP contribution in [-0.4, -0.2) is 42.1 Å². The smallest absolute Gasteiger partial charge is 0.326 e. The average molecular weight is 599 g/mol. The van der Waals surface area contributed by atoms with E-state index in [1.54, 1.807) is 36.7 Å². The number of halogens is 2. The lowest BCUT2D eigenvalue weighted by Gasteiger charge is -2.24. The Hall–Kier alpha value is -3.86. The van der Waals surface area contributed by atoms with Crippen LogP contribution in [0.1, 0.15) is 19.8 Å². The third-order valence-electron chi connectivity index (χ3n) is 6.09. The fraction of sp³-hybridized carbons (Fsp3) is 0.179. The van der Waals surface area contributed by atoms with Gasteiger partial charge in [-0.25, -0.2) is 18.4 Å². The lowest BCUT2D eigenvalue weighted by molar-refractivity contribution is -0.141. The normalized spacial score (nSPS) is 11.6. The van der Waals surface area contributed by atoms with E-state index >= 15 is 0 Å². The van der Waals surface area contributed by atoms with Crippen LogP contribution in [0.3, 0.4) is 0 Å². The Morgan fingerprint density at radius 2 is 1.82 bits per heavy atom. The largest absolute Gasteiger partial charge is 0.464 e. The molecule has 3 heterocycles. The van der Waals surface area contributed by atoms with Gasteiger partial charge in [-0.3, -0.25) is 9.10 Å². The number of carbonyl (C=O) groups is 1. The standard InChI is InChI=1S/C28H24Cl2N4O5S/c1-2-3-11-38-27(35)18-34(40(36,37)24-16-21(29)15-22(30)17-24)23-4-5-25-19(13-23)7-10-33(25)26-14-20(6-8-31-26)28-32-9-12-39-28/h4-10,12-17H,2-3,11,18H2,1H3. The van der Waals surface area contributed by atoms with E-state index in [4.69, 9.17) is 32.4 Å². The van der Waals surface area contributed by atoms with Crippen molar-refractivity contribution < 1.29 is 22.4 Å². The summed E-state index contributed by atoms with van der Waals surface area (Å²) in [5, 5.41) is 1.04. The Kier molecular flexibility index (Phi) is 8.11. The first-order valence-corrected chi connectivity index (χ1v) is 14.6. The molecule has 0 atom stereocenters. The summed E-state index contributed by atoms with van der Waals surface area (Å²) < 4.78 is 41.1. The van der Waals surface area contributed by atoms with Crippen LogP contribution in [-0.2, 0) is 19.6 Å². The fourth-order valence-electron chi connectivity index (χ4n) is 4.15. The van der Waals surface area contributed by atoms with Gasteiger partial charge in [-0.15, -0.1) is 0 Å². The molecule has 5 aromatic rings. The molecule has 0 saturated carbocycles. The van der Waals surface area contributed by atoms with Crippen LogP contribution in [0.5, 0.6) is 0 Å². The summed E-state index contributed by atoms with van der Waals surface area (Å²) in [4.78, 5) is 21.2. The van der Waals surface area contributed by atoms with Crippen LogP contribution in [0.4, 0.5) is 5.69 Å². The van der Waals surface area contributed by atoms with Crippen LogP contribution in [0.2, 0.25) is 10.0 Å². The number of sulfonamides is 1. The van der Waals surface area contributed by atoms with Gasteiger partial charge in [0.15, 0.2) is 0 Å². The van der Waals surface area contributed by atoms with E-state index in [0.717, 1.165) is 27.2 Å². The number of ether oxygens (including phenoxy) is 1. The second kappa shape index (κ2) is 11.7. The molecule has 0 aliphatic rings. The molecule has 2 aromatic carbocycles. The molecular formula is C28H24Cl2N4O5S. The highest BCUT2D eigenvalue weighted by atomic mass is 35.5. The first kappa shape index (κ1) is 27.7. The molecule has 0 amide bonds. The van der Waals surface area contributed by atoms with E-state index in [0.29, 0.717) is 18.1 Å². The van der Waals surface area contributed by atoms with E-state index in [1.807, 2.05) is 29.8 Å². The van der Waals surface area contributed by atoms with Gasteiger partial charge in [0, 0.05) is 33.4 Å². The van der Waals surface area contributed by atoms with E-state index in [-0.39, 0.29) is 27.2 Å². The number of esters is 1. The predicted octanol–water partition coefficient (Wildman–Crippen LogP) is 6.53. The number of unbranched alkanes of at least 4 members (excludes halogenated alkanes) is 1. The van der Waals surface area contributed by atoms with Crippen molar-refractivity contribution in [1.82, 2.24) is 14.5 Å². The minimum atomic E-state index is -4.24. The topological polar surface area (TPSA) is 108 Å². The first-order valence-electron chi connectivity index (χ1n) is 12.4. The second-order valence-corrected chi connectivity index (χ2v) is 11.6. The minimum absolute atomic E-state index is 0.142. The molecule has 3 aromatic heterocycles. The van der Waals surface area contributed by atoms with Gasteiger partial charge >= 0.3 is 5.97 Å². The zero-order chi connectivity index (χ0) is 28.3. The maximum atomic E-state index is 13.8. The molecule has 9 nitrogen and oxygen atoms in total. The van der Waals surface area contributed by atoms with Gasteiger partial charge in [0.2, 0.25) is 5.89 Å². The van der Waals surface area contributed by atoms with E-state index in [9.17, 15) is 13.2 Å². The van der Waals surface area contributed by atoms with E-state index in [2.05, 4.69) is 9.97 Å². The number of hydrogen-bond donors (Lipinski definition) is 0. The minimum Gasteiger partial charge on any atom is -0.464 e. The Morgan fingerprint density at radius 3 is 2.55 bits per heavy atom. The summed E-state index contributed by atoms with van der Waals surface area (Å²) in [6, 6.07) is 14.6. The van der Waals surface area contributed by atoms with Crippen molar-refractivity contribution in [2.24, 2.45) is 0 Å². The summed E-state index contributed by atoms with van der Waals surface area (Å²) in [7, 11) is -4.24. The van der Waals surface area contributed by atoms with E-state index in [1.165, 1.54) is 24.5 Å². The van der Waals surface area contributed by atoms with Crippen LogP contribution >= 0.6 is 23.2 Å². The maximum absolute atomic E-state index is 13.8. The highest BCUT2D eigenvalue weighted by Crippen LogP contribution is 2.31. The number of pyridine rings is 1. The van der Waals surface area contributed by atoms with Crippen molar-refractivity contribution in [2.75, 3.05) is 17.5 Å². The number of oxazole rings is 1. The zero-order valence-corrected chi connectivity index (χ0v) is 23.7. The molecule has 0 fully saturated rings. The van der Waals surface area contributed by atoms with Gasteiger partial charge in [-0.05, 0) is 61.0 Å². The summed E-state index contributed by atoms with van der Waals surface area (Å²) in [5.74, 6) is 0.418.